The summed E-state index contributed by atoms with van der Waals surface area (Å²) < 4.78 is 25.9. The largest absolute Gasteiger partial charge is 0.453 e. The molecule has 16 nitrogen and oxygen atoms in total. The topological polar surface area (TPSA) is 181 Å². The van der Waals surface area contributed by atoms with E-state index >= 15 is 4.39 Å². The summed E-state index contributed by atoms with van der Waals surface area (Å²) in [6.07, 6.45) is 4.46. The number of piperidine rings is 1. The molecule has 74 heavy (non-hydrogen) atoms. The molecule has 4 aliphatic heterocycles. The van der Waals surface area contributed by atoms with Gasteiger partial charge in [0.25, 0.3) is 0 Å². The predicted molar refractivity (Wildman–Crippen MR) is 282 cm³/mol. The number of fused-ring (bicyclic) bond motifs is 2. The van der Waals surface area contributed by atoms with Gasteiger partial charge < -0.3 is 49.7 Å². The molecule has 4 saturated heterocycles. The highest BCUT2D eigenvalue weighted by Gasteiger charge is 2.41. The highest BCUT2D eigenvalue weighted by molar-refractivity contribution is 5.88. The lowest BCUT2D eigenvalue weighted by Gasteiger charge is -2.38. The van der Waals surface area contributed by atoms with Crippen LogP contribution in [0.15, 0.2) is 91.0 Å². The Labute approximate surface area is 431 Å². The first-order chi connectivity index (χ1) is 35.7. The second-order valence-electron chi connectivity index (χ2n) is 21.2. The number of carbonyl (C=O) groups excluding carboxylic acids is 4. The smallest absolute Gasteiger partial charge is 0.407 e. The molecule has 390 valence electrons. The Kier molecular flexibility index (Phi) is 14.3. The molecule has 6 heterocycles. The number of H-pyrrole nitrogens is 2. The first-order valence-corrected chi connectivity index (χ1v) is 26.4. The Balaban J connectivity index is 0.942. The minimum atomic E-state index is -1.34. The van der Waals surface area contributed by atoms with Gasteiger partial charge in [-0.15, -0.1) is 0 Å². The van der Waals surface area contributed by atoms with Gasteiger partial charge in [0, 0.05) is 50.4 Å². The van der Waals surface area contributed by atoms with E-state index in [4.69, 9.17) is 19.4 Å². The number of halogens is 1. The number of hydrogen-bond acceptors (Lipinski definition) is 10. The highest BCUT2D eigenvalue weighted by atomic mass is 19.1. The van der Waals surface area contributed by atoms with E-state index < -0.39 is 29.9 Å². The zero-order valence-electron chi connectivity index (χ0n) is 43.3. The van der Waals surface area contributed by atoms with Gasteiger partial charge in [0.15, 0.2) is 0 Å². The molecule has 0 aliphatic carbocycles. The lowest BCUT2D eigenvalue weighted by molar-refractivity contribution is -0.136. The minimum Gasteiger partial charge on any atom is -0.453 e. The van der Waals surface area contributed by atoms with Gasteiger partial charge in [-0.05, 0) is 116 Å². The van der Waals surface area contributed by atoms with Gasteiger partial charge in [0.2, 0.25) is 11.8 Å². The van der Waals surface area contributed by atoms with Gasteiger partial charge >= 0.3 is 12.2 Å². The molecule has 10 rings (SSSR count). The van der Waals surface area contributed by atoms with Crippen molar-refractivity contribution in [3.8, 4) is 0 Å². The van der Waals surface area contributed by atoms with E-state index in [0.29, 0.717) is 39.0 Å². The molecule has 0 unspecified atom stereocenters. The van der Waals surface area contributed by atoms with Crippen LogP contribution in [0.5, 0.6) is 0 Å². The molecule has 4 N–H and O–H groups in total. The summed E-state index contributed by atoms with van der Waals surface area (Å²) in [4.78, 5) is 78.2. The van der Waals surface area contributed by atoms with E-state index in [0.717, 1.165) is 100 Å². The van der Waals surface area contributed by atoms with Gasteiger partial charge in [-0.2, -0.15) is 0 Å². The highest BCUT2D eigenvalue weighted by Crippen LogP contribution is 2.49. The van der Waals surface area contributed by atoms with Crippen LogP contribution >= 0.6 is 0 Å². The quantitative estimate of drug-likeness (QED) is 0.0870. The number of rotatable bonds is 13. The van der Waals surface area contributed by atoms with Crippen LogP contribution in [0.4, 0.5) is 25.4 Å². The number of carbonyl (C=O) groups is 4. The van der Waals surface area contributed by atoms with Crippen LogP contribution in [-0.2, 0) is 24.7 Å². The number of methoxy groups -OCH3 is 2. The number of alkyl halides is 1. The number of benzene rings is 4. The fourth-order valence-electron chi connectivity index (χ4n) is 12.0. The van der Waals surface area contributed by atoms with E-state index in [-0.39, 0.29) is 47.8 Å². The summed E-state index contributed by atoms with van der Waals surface area (Å²) in [6.45, 7) is 10.0. The third-order valence-corrected chi connectivity index (χ3v) is 16.0. The number of nitrogens with zero attached hydrogens (tertiary/aromatic N) is 6. The molecular weight excluding hydrogens is 940 g/mol. The average molecular weight is 1010 g/mol. The molecule has 2 aromatic heterocycles. The molecular formula is C57H69FN10O6. The van der Waals surface area contributed by atoms with E-state index in [1.807, 2.05) is 67.8 Å². The van der Waals surface area contributed by atoms with Crippen molar-refractivity contribution < 1.29 is 33.0 Å². The van der Waals surface area contributed by atoms with Crippen molar-refractivity contribution in [2.45, 2.75) is 121 Å². The maximum absolute atomic E-state index is 16.2. The monoisotopic (exact) mass is 1010 g/mol. The SMILES string of the molecule is COC(=O)N[C@H](C(=O)N1CCC[C@H]1c1nc2ccc([C@H]3CC[C@H](c4ccc5nc([C@@H]6CCCN6C(=O)[C@@H](NC(=O)OC)C(C)C)[nH]c5c4)N3c3ccc(N4CCC(F)(c5ccccc5)CC4)cc3)cc2[nH]1)C(C)C. The second-order valence-corrected chi connectivity index (χ2v) is 21.2. The van der Waals surface area contributed by atoms with Crippen molar-refractivity contribution in [2.75, 3.05) is 50.2 Å². The molecule has 4 amide bonds. The molecule has 0 saturated carbocycles. The third-order valence-electron chi connectivity index (χ3n) is 16.0. The summed E-state index contributed by atoms with van der Waals surface area (Å²) in [5.41, 5.74) is 7.21. The van der Waals surface area contributed by atoms with Gasteiger partial charge in [0.05, 0.1) is 60.5 Å². The van der Waals surface area contributed by atoms with Crippen molar-refractivity contribution in [1.29, 1.82) is 0 Å². The predicted octanol–water partition coefficient (Wildman–Crippen LogP) is 10.1. The molecule has 0 radical (unpaired) electrons. The van der Waals surface area contributed by atoms with Crippen LogP contribution in [0, 0.1) is 11.8 Å². The molecule has 6 atom stereocenters. The Hall–Kier alpha value is -7.17. The van der Waals surface area contributed by atoms with E-state index in [1.165, 1.54) is 14.2 Å². The number of amides is 4. The summed E-state index contributed by atoms with van der Waals surface area (Å²) in [5.74, 6) is 0.861. The Morgan fingerprint density at radius 3 is 1.51 bits per heavy atom. The fraction of sp³-hybridized carbons (Fsp3) is 0.474. The van der Waals surface area contributed by atoms with Gasteiger partial charge in [-0.3, -0.25) is 9.59 Å². The number of hydrogen-bond donors (Lipinski definition) is 4. The number of anilines is 2. The molecule has 4 aromatic carbocycles. The minimum absolute atomic E-state index is 0.00523. The number of aromatic nitrogens is 4. The summed E-state index contributed by atoms with van der Waals surface area (Å²) in [5, 5.41) is 5.49. The first-order valence-electron chi connectivity index (χ1n) is 26.4. The third kappa shape index (κ3) is 9.84. The van der Waals surface area contributed by atoms with Crippen molar-refractivity contribution in [2.24, 2.45) is 11.8 Å². The van der Waals surface area contributed by atoms with Gasteiger partial charge in [-0.1, -0.05) is 70.2 Å². The Bertz CT molecular complexity index is 2840. The van der Waals surface area contributed by atoms with Gasteiger partial charge in [0.1, 0.15) is 29.4 Å². The summed E-state index contributed by atoms with van der Waals surface area (Å²) >= 11 is 0. The van der Waals surface area contributed by atoms with Crippen molar-refractivity contribution in [3.63, 3.8) is 0 Å². The maximum Gasteiger partial charge on any atom is 0.407 e. The standard InChI is InChI=1S/C57H69FN10O6/c1-34(2)49(63-55(71)73-5)53(69)66-28-10-14-47(66)51-59-41-22-16-36(32-43(41)61-51)45-24-25-46(68(45)40-20-18-39(19-21-40)65-30-26-57(58,27-31-65)38-12-8-7-9-13-38)37-17-23-42-44(33-37)62-52(60-42)48-15-11-29-67(48)54(70)50(35(3)4)64-56(72)74-6/h7-9,12-13,16-23,32-35,45-50H,10-11,14-15,24-31H2,1-6H3,(H,59,61)(H,60,62)(H,63,71)(H,64,72)/t45-,46-,47+,48+,49+,50+/m1/s1. The van der Waals surface area contributed by atoms with Crippen LogP contribution in [-0.4, -0.2) is 106 Å². The van der Waals surface area contributed by atoms with Crippen LogP contribution < -0.4 is 20.4 Å². The van der Waals surface area contributed by atoms with Crippen molar-refractivity contribution >= 4 is 57.4 Å². The summed E-state index contributed by atoms with van der Waals surface area (Å²) in [6, 6.07) is 29.1. The zero-order chi connectivity index (χ0) is 51.8. The number of nitrogens with one attached hydrogen (secondary N) is 4. The fourth-order valence-corrected chi connectivity index (χ4v) is 12.0. The van der Waals surface area contributed by atoms with Crippen molar-refractivity contribution in [1.82, 2.24) is 40.4 Å². The van der Waals surface area contributed by atoms with E-state index in [9.17, 15) is 19.2 Å². The molecule has 17 heteroatoms. The Morgan fingerprint density at radius 1 is 0.608 bits per heavy atom. The van der Waals surface area contributed by atoms with Crippen LogP contribution in [0.1, 0.15) is 132 Å². The lowest BCUT2D eigenvalue weighted by Crippen LogP contribution is -2.51. The number of alkyl carbamates (subject to hydrolysis) is 2. The number of likely N-dealkylation sites (tertiary alicyclic amines) is 2. The summed E-state index contributed by atoms with van der Waals surface area (Å²) in [7, 11) is 2.59. The number of ether oxygens (including phenoxy) is 2. The average Bonchev–Trinajstić information content (AvgIpc) is 4.28. The second kappa shape index (κ2) is 21.0. The molecule has 0 spiro atoms. The first kappa shape index (κ1) is 50.4. The van der Waals surface area contributed by atoms with Crippen LogP contribution in [0.25, 0.3) is 22.1 Å². The lowest BCUT2D eigenvalue weighted by atomic mass is 9.86. The zero-order valence-corrected chi connectivity index (χ0v) is 43.3. The van der Waals surface area contributed by atoms with Crippen LogP contribution in [0.3, 0.4) is 0 Å². The molecule has 6 aromatic rings. The van der Waals surface area contributed by atoms with Gasteiger partial charge in [-0.25, -0.2) is 23.9 Å². The molecule has 0 bridgehead atoms. The number of aromatic amines is 2. The van der Waals surface area contributed by atoms with E-state index in [1.54, 1.807) is 0 Å². The number of imidazole rings is 2. The van der Waals surface area contributed by atoms with E-state index in [2.05, 4.69) is 91.1 Å². The Morgan fingerprint density at radius 2 is 1.07 bits per heavy atom. The molecule has 4 aliphatic rings. The van der Waals surface area contributed by atoms with Crippen molar-refractivity contribution in [3.05, 3.63) is 119 Å². The normalized spacial score (nSPS) is 21.7. The van der Waals surface area contributed by atoms with Crippen LogP contribution in [0.2, 0.25) is 0 Å². The molecule has 4 fully saturated rings. The maximum atomic E-state index is 16.2.